The number of carbonyl (C=O) groups is 2. The molecule has 1 aliphatic heterocycles. The van der Waals surface area contributed by atoms with E-state index in [1.54, 1.807) is 41.1 Å². The summed E-state index contributed by atoms with van der Waals surface area (Å²) in [7, 11) is 1.78. The van der Waals surface area contributed by atoms with Gasteiger partial charge in [0, 0.05) is 37.3 Å². The van der Waals surface area contributed by atoms with Gasteiger partial charge in [0.1, 0.15) is 0 Å². The average molecular weight is 343 g/mol. The Hall–Kier alpha value is -2.33. The van der Waals surface area contributed by atoms with Crippen LogP contribution < -0.4 is 4.90 Å². The molecule has 1 aliphatic rings. The molecule has 1 heterocycles. The van der Waals surface area contributed by atoms with Crippen LogP contribution in [0.3, 0.4) is 0 Å². The summed E-state index contributed by atoms with van der Waals surface area (Å²) >= 11 is 5.89. The smallest absolute Gasteiger partial charge is 0.228 e. The quantitative estimate of drug-likeness (QED) is 0.855. The van der Waals surface area contributed by atoms with E-state index in [-0.39, 0.29) is 24.2 Å². The van der Waals surface area contributed by atoms with Crippen LogP contribution in [0, 0.1) is 5.92 Å². The lowest BCUT2D eigenvalue weighted by Gasteiger charge is -2.21. The predicted molar refractivity (Wildman–Crippen MR) is 94.8 cm³/mol. The minimum absolute atomic E-state index is 0.00339. The Bertz CT molecular complexity index is 731. The third-order valence-corrected chi connectivity index (χ3v) is 4.50. The van der Waals surface area contributed by atoms with Crippen LogP contribution in [-0.4, -0.2) is 30.3 Å². The van der Waals surface area contributed by atoms with E-state index in [9.17, 15) is 9.59 Å². The lowest BCUT2D eigenvalue weighted by molar-refractivity contribution is -0.135. The molecule has 2 amide bonds. The van der Waals surface area contributed by atoms with Gasteiger partial charge < -0.3 is 9.80 Å². The molecule has 4 nitrogen and oxygen atoms in total. The van der Waals surface area contributed by atoms with Gasteiger partial charge in [-0.25, -0.2) is 0 Å². The Balaban J connectivity index is 1.66. The maximum atomic E-state index is 12.7. The Morgan fingerprint density at radius 2 is 1.83 bits per heavy atom. The van der Waals surface area contributed by atoms with Gasteiger partial charge in [-0.2, -0.15) is 0 Å². The molecule has 0 bridgehead atoms. The first-order chi connectivity index (χ1) is 11.5. The summed E-state index contributed by atoms with van der Waals surface area (Å²) in [5, 5.41) is 0.626. The van der Waals surface area contributed by atoms with Gasteiger partial charge in [-0.3, -0.25) is 9.59 Å². The van der Waals surface area contributed by atoms with E-state index >= 15 is 0 Å². The molecular formula is C19H19ClN2O2. The van der Waals surface area contributed by atoms with Gasteiger partial charge in [0.2, 0.25) is 11.8 Å². The van der Waals surface area contributed by atoms with Crippen LogP contribution in [-0.2, 0) is 16.1 Å². The Labute approximate surface area is 146 Å². The minimum atomic E-state index is -0.304. The monoisotopic (exact) mass is 342 g/mol. The standard InChI is InChI=1S/C19H19ClN2O2/c1-21(12-14-5-3-2-4-6-14)19(24)15-11-18(23)22(13-15)17-9-7-16(20)8-10-17/h2-10,15H,11-13H2,1H3. The second kappa shape index (κ2) is 7.05. The molecule has 1 fully saturated rings. The fourth-order valence-electron chi connectivity index (χ4n) is 2.99. The van der Waals surface area contributed by atoms with Gasteiger partial charge in [-0.15, -0.1) is 0 Å². The largest absolute Gasteiger partial charge is 0.341 e. The number of halogens is 1. The summed E-state index contributed by atoms with van der Waals surface area (Å²) in [4.78, 5) is 28.3. The Kier molecular flexibility index (Phi) is 4.86. The molecule has 5 heteroatoms. The van der Waals surface area contributed by atoms with Crippen LogP contribution in [0.15, 0.2) is 54.6 Å². The summed E-state index contributed by atoms with van der Waals surface area (Å²) in [5.74, 6) is -0.325. The molecule has 2 aromatic rings. The molecule has 0 saturated carbocycles. The van der Waals surface area contributed by atoms with E-state index in [0.717, 1.165) is 11.3 Å². The molecule has 124 valence electrons. The van der Waals surface area contributed by atoms with E-state index < -0.39 is 0 Å². The molecule has 1 unspecified atom stereocenters. The van der Waals surface area contributed by atoms with E-state index in [1.807, 2.05) is 30.3 Å². The molecular weight excluding hydrogens is 324 g/mol. The molecule has 0 aliphatic carbocycles. The third kappa shape index (κ3) is 3.60. The van der Waals surface area contributed by atoms with Crippen molar-refractivity contribution in [2.75, 3.05) is 18.5 Å². The van der Waals surface area contributed by atoms with Gasteiger partial charge in [0.15, 0.2) is 0 Å². The van der Waals surface area contributed by atoms with Crippen molar-refractivity contribution in [1.29, 1.82) is 0 Å². The number of nitrogens with zero attached hydrogens (tertiary/aromatic N) is 2. The van der Waals surface area contributed by atoms with E-state index in [2.05, 4.69) is 0 Å². The zero-order valence-electron chi connectivity index (χ0n) is 13.5. The van der Waals surface area contributed by atoms with Crippen molar-refractivity contribution in [2.45, 2.75) is 13.0 Å². The zero-order valence-corrected chi connectivity index (χ0v) is 14.2. The van der Waals surface area contributed by atoms with Gasteiger partial charge in [0.05, 0.1) is 5.92 Å². The highest BCUT2D eigenvalue weighted by molar-refractivity contribution is 6.30. The summed E-state index contributed by atoms with van der Waals surface area (Å²) in [6.45, 7) is 0.962. The fourth-order valence-corrected chi connectivity index (χ4v) is 3.12. The van der Waals surface area contributed by atoms with Crippen LogP contribution in [0.25, 0.3) is 0 Å². The summed E-state index contributed by atoms with van der Waals surface area (Å²) in [6.07, 6.45) is 0.251. The number of benzene rings is 2. The van der Waals surface area contributed by atoms with Gasteiger partial charge >= 0.3 is 0 Å². The average Bonchev–Trinajstić information content (AvgIpc) is 2.97. The number of rotatable bonds is 4. The first kappa shape index (κ1) is 16.5. The van der Waals surface area contributed by atoms with Crippen LogP contribution in [0.2, 0.25) is 5.02 Å². The van der Waals surface area contributed by atoms with Crippen molar-refractivity contribution < 1.29 is 9.59 Å². The van der Waals surface area contributed by atoms with Crippen LogP contribution in [0.1, 0.15) is 12.0 Å². The SMILES string of the molecule is CN(Cc1ccccc1)C(=O)C1CC(=O)N(c2ccc(Cl)cc2)C1. The molecule has 3 rings (SSSR count). The number of carbonyl (C=O) groups excluding carboxylic acids is 2. The summed E-state index contributed by atoms with van der Waals surface area (Å²) in [5.41, 5.74) is 1.86. The number of hydrogen-bond acceptors (Lipinski definition) is 2. The topological polar surface area (TPSA) is 40.6 Å². The van der Waals surface area contributed by atoms with Crippen LogP contribution in [0.5, 0.6) is 0 Å². The van der Waals surface area contributed by atoms with E-state index in [4.69, 9.17) is 11.6 Å². The van der Waals surface area contributed by atoms with Crippen molar-refractivity contribution in [3.05, 3.63) is 65.2 Å². The van der Waals surface area contributed by atoms with Gasteiger partial charge in [-0.1, -0.05) is 41.9 Å². The number of amides is 2. The second-order valence-corrected chi connectivity index (χ2v) is 6.50. The normalized spacial score (nSPS) is 17.2. The number of hydrogen-bond donors (Lipinski definition) is 0. The zero-order chi connectivity index (χ0) is 17.1. The van der Waals surface area contributed by atoms with Crippen molar-refractivity contribution in [3.8, 4) is 0 Å². The minimum Gasteiger partial charge on any atom is -0.341 e. The predicted octanol–water partition coefficient (Wildman–Crippen LogP) is 3.35. The third-order valence-electron chi connectivity index (χ3n) is 4.25. The molecule has 24 heavy (non-hydrogen) atoms. The second-order valence-electron chi connectivity index (χ2n) is 6.06. The highest BCUT2D eigenvalue weighted by Gasteiger charge is 2.36. The van der Waals surface area contributed by atoms with Gasteiger partial charge in [0.25, 0.3) is 0 Å². The highest BCUT2D eigenvalue weighted by Crippen LogP contribution is 2.27. The first-order valence-electron chi connectivity index (χ1n) is 7.89. The van der Waals surface area contributed by atoms with Crippen molar-refractivity contribution in [1.82, 2.24) is 4.90 Å². The molecule has 0 spiro atoms. The van der Waals surface area contributed by atoms with Crippen molar-refractivity contribution in [3.63, 3.8) is 0 Å². The maximum absolute atomic E-state index is 12.7. The molecule has 0 radical (unpaired) electrons. The van der Waals surface area contributed by atoms with E-state index in [0.29, 0.717) is 18.1 Å². The van der Waals surface area contributed by atoms with E-state index in [1.165, 1.54) is 0 Å². The highest BCUT2D eigenvalue weighted by atomic mass is 35.5. The summed E-state index contributed by atoms with van der Waals surface area (Å²) < 4.78 is 0. The molecule has 1 saturated heterocycles. The fraction of sp³-hybridized carbons (Fsp3) is 0.263. The Morgan fingerprint density at radius 3 is 2.50 bits per heavy atom. The van der Waals surface area contributed by atoms with Crippen molar-refractivity contribution >= 4 is 29.1 Å². The number of anilines is 1. The first-order valence-corrected chi connectivity index (χ1v) is 8.27. The summed E-state index contributed by atoms with van der Waals surface area (Å²) in [6, 6.07) is 16.9. The van der Waals surface area contributed by atoms with Crippen LogP contribution in [0.4, 0.5) is 5.69 Å². The molecule has 2 aromatic carbocycles. The Morgan fingerprint density at radius 1 is 1.17 bits per heavy atom. The van der Waals surface area contributed by atoms with Crippen LogP contribution >= 0.6 is 11.6 Å². The van der Waals surface area contributed by atoms with Gasteiger partial charge in [-0.05, 0) is 29.8 Å². The van der Waals surface area contributed by atoms with Crippen molar-refractivity contribution in [2.24, 2.45) is 5.92 Å². The molecule has 0 N–H and O–H groups in total. The maximum Gasteiger partial charge on any atom is 0.228 e. The lowest BCUT2D eigenvalue weighted by Crippen LogP contribution is -2.34. The molecule has 1 atom stereocenters. The molecule has 0 aromatic heterocycles. The lowest BCUT2D eigenvalue weighted by atomic mass is 10.1.